The number of rotatable bonds is 8. The second-order valence-electron chi connectivity index (χ2n) is 6.50. The average molecular weight is 413 g/mol. The minimum absolute atomic E-state index is 0.00520. The van der Waals surface area contributed by atoms with Gasteiger partial charge >= 0.3 is 0 Å². The van der Waals surface area contributed by atoms with Crippen LogP contribution in [0, 0.1) is 20.8 Å². The molecular formula is C21H24N4OS2. The number of benzene rings is 2. The summed E-state index contributed by atoms with van der Waals surface area (Å²) in [4.78, 5) is 13.4. The van der Waals surface area contributed by atoms with Crippen LogP contribution < -0.4 is 5.32 Å². The summed E-state index contributed by atoms with van der Waals surface area (Å²) in [6.07, 6.45) is 0. The molecule has 3 rings (SSSR count). The Balaban J connectivity index is 1.47. The molecule has 3 aromatic rings. The molecule has 0 unspecified atom stereocenters. The van der Waals surface area contributed by atoms with Gasteiger partial charge in [0.05, 0.1) is 5.75 Å². The Morgan fingerprint density at radius 2 is 1.57 bits per heavy atom. The average Bonchev–Trinajstić information content (AvgIpc) is 3.06. The second-order valence-corrected chi connectivity index (χ2v) is 8.61. The summed E-state index contributed by atoms with van der Waals surface area (Å²) in [7, 11) is 0. The fourth-order valence-electron chi connectivity index (χ4n) is 2.60. The Morgan fingerprint density at radius 3 is 2.25 bits per heavy atom. The van der Waals surface area contributed by atoms with E-state index < -0.39 is 0 Å². The fraction of sp³-hybridized carbons (Fsp3) is 0.286. The van der Waals surface area contributed by atoms with Gasteiger partial charge in [-0.15, -0.1) is 22.0 Å². The Hall–Kier alpha value is -2.25. The Kier molecular flexibility index (Phi) is 7.17. The molecule has 0 spiro atoms. The highest BCUT2D eigenvalue weighted by molar-refractivity contribution is 7.99. The smallest absolute Gasteiger partial charge is 0.230 e. The van der Waals surface area contributed by atoms with Gasteiger partial charge in [-0.2, -0.15) is 0 Å². The predicted molar refractivity (Wildman–Crippen MR) is 116 cm³/mol. The molecule has 1 N–H and O–H groups in total. The second kappa shape index (κ2) is 9.80. The molecule has 0 saturated heterocycles. The van der Waals surface area contributed by atoms with E-state index in [1.807, 2.05) is 23.6 Å². The van der Waals surface area contributed by atoms with Crippen molar-refractivity contribution in [2.24, 2.45) is 0 Å². The van der Waals surface area contributed by atoms with Gasteiger partial charge in [0.1, 0.15) is 5.82 Å². The van der Waals surface area contributed by atoms with E-state index in [9.17, 15) is 4.79 Å². The van der Waals surface area contributed by atoms with Gasteiger partial charge in [-0.3, -0.25) is 9.36 Å². The summed E-state index contributed by atoms with van der Waals surface area (Å²) in [5.41, 5.74) is 3.46. The van der Waals surface area contributed by atoms with E-state index in [2.05, 4.69) is 65.8 Å². The van der Waals surface area contributed by atoms with Crippen LogP contribution in [-0.2, 0) is 4.79 Å². The first-order valence-corrected chi connectivity index (χ1v) is 11.1. The highest BCUT2D eigenvalue weighted by atomic mass is 32.2. The number of nitrogens with zero attached hydrogens (tertiary/aromatic N) is 3. The first-order chi connectivity index (χ1) is 13.5. The van der Waals surface area contributed by atoms with E-state index in [4.69, 9.17) is 0 Å². The summed E-state index contributed by atoms with van der Waals surface area (Å²) in [5.74, 6) is 1.98. The van der Waals surface area contributed by atoms with Crippen LogP contribution in [0.25, 0.3) is 5.69 Å². The number of thioether (sulfide) groups is 2. The number of hydrogen-bond acceptors (Lipinski definition) is 5. The normalized spacial score (nSPS) is 10.8. The Morgan fingerprint density at radius 1 is 0.929 bits per heavy atom. The largest absolute Gasteiger partial charge is 0.355 e. The fourth-order valence-corrected chi connectivity index (χ4v) is 4.20. The van der Waals surface area contributed by atoms with Gasteiger partial charge in [-0.05, 0) is 45.0 Å². The van der Waals surface area contributed by atoms with E-state index in [0.29, 0.717) is 12.3 Å². The van der Waals surface area contributed by atoms with Gasteiger partial charge in [0.25, 0.3) is 0 Å². The minimum atomic E-state index is 0.00520. The maximum Gasteiger partial charge on any atom is 0.230 e. The van der Waals surface area contributed by atoms with E-state index >= 15 is 0 Å². The lowest BCUT2D eigenvalue weighted by atomic mass is 10.2. The van der Waals surface area contributed by atoms with Crippen LogP contribution in [0.2, 0.25) is 0 Å². The maximum absolute atomic E-state index is 12.2. The number of nitrogens with one attached hydrogen (secondary N) is 1. The molecule has 0 atom stereocenters. The van der Waals surface area contributed by atoms with Crippen molar-refractivity contribution in [1.82, 2.24) is 20.1 Å². The van der Waals surface area contributed by atoms with Crippen LogP contribution in [-0.4, -0.2) is 38.7 Å². The number of aromatic nitrogens is 3. The molecule has 0 bridgehead atoms. The van der Waals surface area contributed by atoms with Gasteiger partial charge in [0.15, 0.2) is 5.16 Å². The summed E-state index contributed by atoms with van der Waals surface area (Å²) >= 11 is 3.14. The third kappa shape index (κ3) is 5.62. The third-order valence-electron chi connectivity index (χ3n) is 4.13. The van der Waals surface area contributed by atoms with Crippen LogP contribution in [0.4, 0.5) is 0 Å². The minimum Gasteiger partial charge on any atom is -0.355 e. The van der Waals surface area contributed by atoms with Crippen molar-refractivity contribution in [3.05, 3.63) is 65.5 Å². The molecule has 2 aromatic carbocycles. The SMILES string of the molecule is Cc1ccc(SCCNC(=O)CSc2nnc(C)n2-c2ccc(C)cc2)cc1. The number of aryl methyl sites for hydroxylation is 3. The van der Waals surface area contributed by atoms with Gasteiger partial charge in [0, 0.05) is 22.9 Å². The molecule has 28 heavy (non-hydrogen) atoms. The molecule has 146 valence electrons. The van der Waals surface area contributed by atoms with Crippen LogP contribution in [0.1, 0.15) is 17.0 Å². The van der Waals surface area contributed by atoms with Crippen LogP contribution in [0.3, 0.4) is 0 Å². The summed E-state index contributed by atoms with van der Waals surface area (Å²) in [6, 6.07) is 16.6. The number of carbonyl (C=O) groups is 1. The first kappa shape index (κ1) is 20.5. The van der Waals surface area contributed by atoms with E-state index in [-0.39, 0.29) is 5.91 Å². The molecule has 0 fully saturated rings. The van der Waals surface area contributed by atoms with Crippen LogP contribution in [0.5, 0.6) is 0 Å². The molecule has 7 heteroatoms. The zero-order valence-electron chi connectivity index (χ0n) is 16.3. The Bertz CT molecular complexity index is 921. The topological polar surface area (TPSA) is 59.8 Å². The summed E-state index contributed by atoms with van der Waals surface area (Å²) in [6.45, 7) is 6.69. The van der Waals surface area contributed by atoms with E-state index in [1.165, 1.54) is 27.8 Å². The molecule has 0 radical (unpaired) electrons. The van der Waals surface area contributed by atoms with Gasteiger partial charge < -0.3 is 5.32 Å². The van der Waals surface area contributed by atoms with Crippen molar-refractivity contribution in [3.63, 3.8) is 0 Å². The number of carbonyl (C=O) groups excluding carboxylic acids is 1. The van der Waals surface area contributed by atoms with Crippen LogP contribution >= 0.6 is 23.5 Å². The summed E-state index contributed by atoms with van der Waals surface area (Å²) in [5, 5.41) is 12.1. The molecule has 0 aliphatic heterocycles. The van der Waals surface area contributed by atoms with E-state index in [1.54, 1.807) is 11.8 Å². The standard InChI is InChI=1S/C21H24N4OS2/c1-15-4-8-18(9-5-15)25-17(3)23-24-21(25)28-14-20(26)22-12-13-27-19-10-6-16(2)7-11-19/h4-11H,12-14H2,1-3H3,(H,22,26). The highest BCUT2D eigenvalue weighted by Gasteiger charge is 2.13. The van der Waals surface area contributed by atoms with E-state index in [0.717, 1.165) is 22.4 Å². The molecular weight excluding hydrogens is 388 g/mol. The first-order valence-electron chi connectivity index (χ1n) is 9.11. The van der Waals surface area contributed by atoms with Gasteiger partial charge in [0.2, 0.25) is 5.91 Å². The van der Waals surface area contributed by atoms with Gasteiger partial charge in [-0.25, -0.2) is 0 Å². The summed E-state index contributed by atoms with van der Waals surface area (Å²) < 4.78 is 1.98. The van der Waals surface area contributed by atoms with Crippen molar-refractivity contribution < 1.29 is 4.79 Å². The number of hydrogen-bond donors (Lipinski definition) is 1. The van der Waals surface area contributed by atoms with Crippen molar-refractivity contribution in [1.29, 1.82) is 0 Å². The zero-order valence-corrected chi connectivity index (χ0v) is 17.9. The van der Waals surface area contributed by atoms with Crippen molar-refractivity contribution in [2.75, 3.05) is 18.1 Å². The number of amides is 1. The van der Waals surface area contributed by atoms with Crippen LogP contribution in [0.15, 0.2) is 58.6 Å². The molecule has 0 aliphatic carbocycles. The molecule has 5 nitrogen and oxygen atoms in total. The molecule has 0 saturated carbocycles. The molecule has 1 aromatic heterocycles. The molecule has 1 heterocycles. The zero-order chi connectivity index (χ0) is 19.9. The molecule has 0 aliphatic rings. The quantitative estimate of drug-likeness (QED) is 0.444. The van der Waals surface area contributed by atoms with Crippen molar-refractivity contribution in [3.8, 4) is 5.69 Å². The lowest BCUT2D eigenvalue weighted by molar-refractivity contribution is -0.118. The highest BCUT2D eigenvalue weighted by Crippen LogP contribution is 2.22. The lowest BCUT2D eigenvalue weighted by Crippen LogP contribution is -2.27. The Labute approximate surface area is 174 Å². The lowest BCUT2D eigenvalue weighted by Gasteiger charge is -2.09. The van der Waals surface area contributed by atoms with Crippen molar-refractivity contribution >= 4 is 29.4 Å². The monoisotopic (exact) mass is 412 g/mol. The maximum atomic E-state index is 12.2. The predicted octanol–water partition coefficient (Wildman–Crippen LogP) is 4.19. The van der Waals surface area contributed by atoms with Gasteiger partial charge in [-0.1, -0.05) is 47.2 Å². The molecule has 1 amide bonds. The van der Waals surface area contributed by atoms with Crippen molar-refractivity contribution in [2.45, 2.75) is 30.8 Å². The third-order valence-corrected chi connectivity index (χ3v) is 6.08.